The topological polar surface area (TPSA) is 470 Å². The normalized spacial score (nSPS) is 15.4. The Morgan fingerprint density at radius 1 is 0.265 bits per heavy atom. The van der Waals surface area contributed by atoms with Crippen molar-refractivity contribution in [3.8, 4) is 0 Å². The molecule has 0 aromatic heterocycles. The quantitative estimate of drug-likeness (QED) is 0.0395. The molecule has 0 heterocycles. The van der Waals surface area contributed by atoms with E-state index in [9.17, 15) is 44.4 Å². The molecule has 13 unspecified atom stereocenters. The molecular weight excluding hydrogens is 1600 g/mol. The number of hydrogen-bond acceptors (Lipinski definition) is 36. The number of rotatable bonds is 92. The molecule has 0 aliphatic heterocycles. The predicted molar refractivity (Wildman–Crippen MR) is 425 cm³/mol. The highest BCUT2D eigenvalue weighted by molar-refractivity contribution is 8.00. The summed E-state index contributed by atoms with van der Waals surface area (Å²) in [5.41, 5.74) is 0. The van der Waals surface area contributed by atoms with Gasteiger partial charge in [-0.25, -0.2) is 0 Å². The van der Waals surface area contributed by atoms with Gasteiger partial charge in [0.2, 0.25) is 0 Å². The lowest BCUT2D eigenvalue weighted by atomic mass is 10.3. The van der Waals surface area contributed by atoms with Crippen LogP contribution in [-0.2, 0) is 128 Å². The van der Waals surface area contributed by atoms with Crippen molar-refractivity contribution in [2.24, 2.45) is 0 Å². The van der Waals surface area contributed by atoms with E-state index in [4.69, 9.17) is 130 Å². The number of carboxylic acid groups (broad SMARTS) is 5. The second kappa shape index (κ2) is 81.1. The molecule has 0 bridgehead atoms. The summed E-state index contributed by atoms with van der Waals surface area (Å²) in [5.74, 6) is -1.52. The summed E-state index contributed by atoms with van der Waals surface area (Å²) in [6, 6.07) is 0. The molecule has 113 heavy (non-hydrogen) atoms. The van der Waals surface area contributed by atoms with Crippen molar-refractivity contribution in [2.75, 3.05) is 290 Å². The fraction of sp³-hybridized carbons (Fsp3) is 0.931. The standard InChI is InChI=1S/C72H136O36S5/c1-7-58(34-97-41-63(37-90-8-2)103-19-14-24-113-54-72(85)86)105-48-66(44-98-35-59(25-73)104-31-57(76)30-93-26-55(74)27-94-39-61(32-87-4)101-17-12-22-111-52-70(81)82)108-49-67(107-47-65(100-9-3)38-92-16-11-21-110-51-69(79)80)45-99-43-64(106-46-60(89-6)36-91-15-10-20-109-50-68(77)78)42-96-29-56(75)28-95-40-62(33-88-5)102-18-13-23-112-53-71(83)84/h55-67,73-76H,7-54H2,1-6H3,(H,77,78)(H,79,80)(H,81,82)(H,83,84)(H,85,86). The molecule has 0 aromatic rings. The van der Waals surface area contributed by atoms with Gasteiger partial charge in [-0.05, 0) is 81.1 Å². The largest absolute Gasteiger partial charge is 0.481 e. The van der Waals surface area contributed by atoms with Gasteiger partial charge < -0.3 is 150 Å². The minimum atomic E-state index is -1.16. The minimum absolute atomic E-state index is 0.00176. The van der Waals surface area contributed by atoms with Crippen LogP contribution < -0.4 is 0 Å². The van der Waals surface area contributed by atoms with E-state index in [0.717, 1.165) is 0 Å². The molecule has 9 N–H and O–H groups in total. The molecule has 0 aliphatic rings. The molecule has 0 aliphatic carbocycles. The number of thioether (sulfide) groups is 5. The Morgan fingerprint density at radius 3 is 0.858 bits per heavy atom. The monoisotopic (exact) mass is 1740 g/mol. The lowest BCUT2D eigenvalue weighted by Gasteiger charge is -2.27. The first-order valence-corrected chi connectivity index (χ1v) is 43.9. The third kappa shape index (κ3) is 74.8. The van der Waals surface area contributed by atoms with Crippen LogP contribution in [-0.4, -0.2) is 445 Å². The number of carboxylic acids is 5. The van der Waals surface area contributed by atoms with E-state index < -0.39 is 116 Å². The van der Waals surface area contributed by atoms with E-state index >= 15 is 0 Å². The zero-order valence-electron chi connectivity index (χ0n) is 67.0. The summed E-state index contributed by atoms with van der Waals surface area (Å²) in [6.07, 6.45) is -5.78. The van der Waals surface area contributed by atoms with Crippen molar-refractivity contribution >= 4 is 88.7 Å². The van der Waals surface area contributed by atoms with Crippen molar-refractivity contribution in [1.29, 1.82) is 0 Å². The van der Waals surface area contributed by atoms with Crippen molar-refractivity contribution in [3.05, 3.63) is 0 Å². The highest BCUT2D eigenvalue weighted by atomic mass is 32.2. The van der Waals surface area contributed by atoms with E-state index in [1.165, 1.54) is 80.1 Å². The average molecular weight is 1740 g/mol. The summed E-state index contributed by atoms with van der Waals surface area (Å²) in [5, 5.41) is 87.7. The molecule has 0 saturated carbocycles. The molecule has 0 rings (SSSR count). The zero-order chi connectivity index (χ0) is 83.4. The lowest BCUT2D eigenvalue weighted by Crippen LogP contribution is -2.38. The number of ether oxygens (including phenoxy) is 22. The van der Waals surface area contributed by atoms with Crippen molar-refractivity contribution in [2.45, 2.75) is 139 Å². The molecule has 13 atom stereocenters. The molecular formula is C72H136O36S5. The van der Waals surface area contributed by atoms with Gasteiger partial charge in [0, 0.05) is 67.6 Å². The third-order valence-electron chi connectivity index (χ3n) is 14.7. The van der Waals surface area contributed by atoms with Crippen LogP contribution in [0.4, 0.5) is 0 Å². The SMILES string of the molecule is CCOCC(COCC(CC)OCC(COCC(CO)OCC(O)COCC(O)COCC(COC)OCCCSCC(=O)O)OCC(COCC(COCC(O)COCC(COC)OCCCSCC(=O)O)OCC(COCCCSCC(=O)O)OC)OCC(COCCCSCC(=O)O)OCC)OCCCSCC(=O)O. The number of methoxy groups -OCH3 is 3. The maximum absolute atomic E-state index is 11.1. The van der Waals surface area contributed by atoms with Crippen LogP contribution in [0, 0.1) is 0 Å². The second-order valence-electron chi connectivity index (χ2n) is 25.2. The summed E-state index contributed by atoms with van der Waals surface area (Å²) in [6.45, 7) is 7.71. The zero-order valence-corrected chi connectivity index (χ0v) is 71.1. The van der Waals surface area contributed by atoms with Crippen LogP contribution in [0.2, 0.25) is 0 Å². The van der Waals surface area contributed by atoms with Gasteiger partial charge >= 0.3 is 29.8 Å². The first-order chi connectivity index (χ1) is 54.7. The van der Waals surface area contributed by atoms with E-state index in [1.807, 2.05) is 20.8 Å². The first kappa shape index (κ1) is 111. The van der Waals surface area contributed by atoms with Crippen molar-refractivity contribution in [1.82, 2.24) is 0 Å². The van der Waals surface area contributed by atoms with Crippen molar-refractivity contribution in [3.63, 3.8) is 0 Å². The van der Waals surface area contributed by atoms with Gasteiger partial charge in [-0.1, -0.05) is 6.92 Å². The van der Waals surface area contributed by atoms with Gasteiger partial charge in [-0.2, -0.15) is 58.8 Å². The Labute approximate surface area is 688 Å². The minimum Gasteiger partial charge on any atom is -0.481 e. The summed E-state index contributed by atoms with van der Waals surface area (Å²) in [4.78, 5) is 54.7. The molecule has 0 spiro atoms. The molecule has 0 radical (unpaired) electrons. The maximum atomic E-state index is 11.1. The van der Waals surface area contributed by atoms with Gasteiger partial charge in [0.1, 0.15) is 73.2 Å². The molecule has 670 valence electrons. The molecule has 0 aromatic carbocycles. The molecule has 0 fully saturated rings. The third-order valence-corrected chi connectivity index (χ3v) is 19.9. The van der Waals surface area contributed by atoms with E-state index in [0.29, 0.717) is 114 Å². The maximum Gasteiger partial charge on any atom is 0.313 e. The molecule has 0 saturated heterocycles. The smallest absolute Gasteiger partial charge is 0.313 e. The molecule has 0 amide bonds. The van der Waals surface area contributed by atoms with E-state index in [2.05, 4.69) is 0 Å². The van der Waals surface area contributed by atoms with Gasteiger partial charge in [0.05, 0.1) is 200 Å². The van der Waals surface area contributed by atoms with Crippen LogP contribution in [0.25, 0.3) is 0 Å². The second-order valence-corrected chi connectivity index (χ2v) is 30.7. The highest BCUT2D eigenvalue weighted by Gasteiger charge is 2.25. The average Bonchev–Trinajstić information content (AvgIpc) is 0.931. The highest BCUT2D eigenvalue weighted by Crippen LogP contribution is 2.14. The Morgan fingerprint density at radius 2 is 0.522 bits per heavy atom. The van der Waals surface area contributed by atoms with E-state index in [-0.39, 0.29) is 187 Å². The number of carbonyl (C=O) groups is 5. The molecule has 36 nitrogen and oxygen atoms in total. The first-order valence-electron chi connectivity index (χ1n) is 38.2. The van der Waals surface area contributed by atoms with Crippen LogP contribution >= 0.6 is 58.8 Å². The summed E-state index contributed by atoms with van der Waals surface area (Å²) in [7, 11) is 4.56. The Balaban J connectivity index is 6.72. The fourth-order valence-electron chi connectivity index (χ4n) is 9.18. The van der Waals surface area contributed by atoms with Crippen LogP contribution in [0.3, 0.4) is 0 Å². The van der Waals surface area contributed by atoms with Crippen LogP contribution in [0.5, 0.6) is 0 Å². The lowest BCUT2D eigenvalue weighted by molar-refractivity contribution is -0.151. The van der Waals surface area contributed by atoms with Gasteiger partial charge in [0.15, 0.2) is 0 Å². The van der Waals surface area contributed by atoms with E-state index in [1.54, 1.807) is 0 Å². The number of aliphatic hydroxyl groups is 4. The Hall–Kier alpha value is -1.94. The number of aliphatic hydroxyl groups excluding tert-OH is 4. The van der Waals surface area contributed by atoms with Crippen LogP contribution in [0.15, 0.2) is 0 Å². The van der Waals surface area contributed by atoms with Crippen molar-refractivity contribution < 1.29 is 174 Å². The fourth-order valence-corrected chi connectivity index (χ4v) is 12.4. The van der Waals surface area contributed by atoms with Gasteiger partial charge in [0.25, 0.3) is 0 Å². The molecule has 41 heteroatoms. The number of aliphatic carboxylic acids is 5. The van der Waals surface area contributed by atoms with Gasteiger partial charge in [-0.3, -0.25) is 24.0 Å². The Bertz CT molecular complexity index is 2170. The van der Waals surface area contributed by atoms with Crippen LogP contribution in [0.1, 0.15) is 59.3 Å². The summed E-state index contributed by atoms with van der Waals surface area (Å²) < 4.78 is 131. The summed E-state index contributed by atoms with van der Waals surface area (Å²) >= 11 is 6.46. The number of hydrogen-bond donors (Lipinski definition) is 9. The van der Waals surface area contributed by atoms with Gasteiger partial charge in [-0.15, -0.1) is 0 Å². The predicted octanol–water partition coefficient (Wildman–Crippen LogP) is 2.49. The Kier molecular flexibility index (Phi) is 79.7.